The topological polar surface area (TPSA) is 69.6 Å². The third-order valence-electron chi connectivity index (χ3n) is 13.3. The normalized spacial score (nSPS) is 13.8. The first-order valence-electron chi connectivity index (χ1n) is 31.0. The van der Waals surface area contributed by atoms with Crippen molar-refractivity contribution in [2.24, 2.45) is 0 Å². The minimum Gasteiger partial charge on any atom is -0.394 e. The van der Waals surface area contributed by atoms with Gasteiger partial charge >= 0.3 is 0 Å². The monoisotopic (exact) mass is 1020 g/mol. The van der Waals surface area contributed by atoms with Gasteiger partial charge < -0.3 is 15.5 Å². The summed E-state index contributed by atoms with van der Waals surface area (Å²) in [7, 11) is 0. The predicted molar refractivity (Wildman–Crippen MR) is 331 cm³/mol. The third kappa shape index (κ3) is 59.2. The van der Waals surface area contributed by atoms with Gasteiger partial charge in [0.2, 0.25) is 5.91 Å². The molecule has 0 aromatic rings. The fraction of sp³-hybridized carbons (Fsp3) is 0.643. The summed E-state index contributed by atoms with van der Waals surface area (Å²) in [6.45, 7) is 4.18. The second kappa shape index (κ2) is 63.6. The number of allylic oxidation sites excluding steroid dienone is 23. The summed E-state index contributed by atoms with van der Waals surface area (Å²) < 4.78 is 0. The number of carbonyl (C=O) groups is 1. The summed E-state index contributed by atoms with van der Waals surface area (Å²) in [4.78, 5) is 12.5. The van der Waals surface area contributed by atoms with E-state index in [4.69, 9.17) is 0 Å². The van der Waals surface area contributed by atoms with Gasteiger partial charge in [0, 0.05) is 6.42 Å². The number of hydrogen-bond donors (Lipinski definition) is 3. The molecule has 4 nitrogen and oxygen atoms in total. The molecule has 2 atom stereocenters. The molecule has 0 aliphatic heterocycles. The third-order valence-corrected chi connectivity index (χ3v) is 13.3. The molecule has 420 valence electrons. The summed E-state index contributed by atoms with van der Waals surface area (Å²) >= 11 is 0. The van der Waals surface area contributed by atoms with E-state index < -0.39 is 12.1 Å². The van der Waals surface area contributed by atoms with Gasteiger partial charge in [-0.15, -0.1) is 0 Å². The van der Waals surface area contributed by atoms with E-state index in [9.17, 15) is 15.0 Å². The van der Waals surface area contributed by atoms with Gasteiger partial charge in [0.15, 0.2) is 0 Å². The lowest BCUT2D eigenvalue weighted by Crippen LogP contribution is -2.45. The number of rotatable bonds is 55. The van der Waals surface area contributed by atoms with Crippen LogP contribution in [0.25, 0.3) is 0 Å². The maximum Gasteiger partial charge on any atom is 0.220 e. The second-order valence-electron chi connectivity index (χ2n) is 20.4. The Bertz CT molecular complexity index is 1530. The minimum atomic E-state index is -0.892. The molecule has 0 saturated carbocycles. The standard InChI is InChI=1S/C70H117NO3/c1-3-5-7-9-11-13-15-17-19-21-23-25-27-29-31-33-34-35-36-38-40-42-44-46-48-50-52-54-56-58-60-62-64-66-70(74)71-68(67-72)69(73)65-63-61-59-57-55-53-51-49-47-45-43-41-39-37-32-30-28-26-24-22-20-18-16-14-12-10-8-6-4-2/h5,7,11,13,17,19,23,25,29,31,34-35,38,40,44,46-47,49-50,52,55,57,63,65,68-69,72-73H,3-4,6,8-10,12,14-16,18,20-22,24,26-28,30,32-33,36-37,39,41-43,45,48,51,53-54,56,58-62,64,66-67H2,1-2H3,(H,71,74)/b7-5-,13-11-,19-17-,25-23-,31-29-,35-34-,40-38-,46-44-,49-47+,52-50-,57-55+,65-63+. The Morgan fingerprint density at radius 2 is 0.608 bits per heavy atom. The van der Waals surface area contributed by atoms with E-state index in [1.54, 1.807) is 6.08 Å². The molecule has 1 amide bonds. The molecule has 0 radical (unpaired) electrons. The van der Waals surface area contributed by atoms with Gasteiger partial charge in [0.25, 0.3) is 0 Å². The van der Waals surface area contributed by atoms with Crippen LogP contribution in [-0.4, -0.2) is 34.9 Å². The van der Waals surface area contributed by atoms with Crippen LogP contribution in [0.3, 0.4) is 0 Å². The van der Waals surface area contributed by atoms with Crippen LogP contribution in [0, 0.1) is 0 Å². The molecule has 0 saturated heterocycles. The molecule has 0 aromatic carbocycles. The van der Waals surface area contributed by atoms with Gasteiger partial charge in [-0.2, -0.15) is 0 Å². The van der Waals surface area contributed by atoms with Gasteiger partial charge in [-0.3, -0.25) is 4.79 Å². The number of carbonyl (C=O) groups excluding carboxylic acids is 1. The van der Waals surface area contributed by atoms with Crippen LogP contribution in [-0.2, 0) is 4.79 Å². The first kappa shape index (κ1) is 70.3. The highest BCUT2D eigenvalue weighted by Crippen LogP contribution is 2.16. The average Bonchev–Trinajstić information content (AvgIpc) is 3.40. The molecular weight excluding hydrogens is 903 g/mol. The Hall–Kier alpha value is -3.73. The lowest BCUT2D eigenvalue weighted by Gasteiger charge is -2.19. The summed E-state index contributed by atoms with van der Waals surface area (Å²) in [5.41, 5.74) is 0. The lowest BCUT2D eigenvalue weighted by atomic mass is 10.0. The van der Waals surface area contributed by atoms with Crippen LogP contribution < -0.4 is 5.32 Å². The van der Waals surface area contributed by atoms with Crippen molar-refractivity contribution in [1.29, 1.82) is 0 Å². The van der Waals surface area contributed by atoms with Crippen molar-refractivity contribution in [2.75, 3.05) is 6.61 Å². The molecule has 0 fully saturated rings. The zero-order valence-corrected chi connectivity index (χ0v) is 48.3. The average molecular weight is 1020 g/mol. The second-order valence-corrected chi connectivity index (χ2v) is 20.4. The molecule has 74 heavy (non-hydrogen) atoms. The molecule has 3 N–H and O–H groups in total. The van der Waals surface area contributed by atoms with E-state index in [1.807, 2.05) is 6.08 Å². The molecular formula is C70H117NO3. The van der Waals surface area contributed by atoms with Crippen molar-refractivity contribution in [3.8, 4) is 0 Å². The van der Waals surface area contributed by atoms with Crippen LogP contribution in [0.15, 0.2) is 146 Å². The molecule has 0 spiro atoms. The quantitative estimate of drug-likeness (QED) is 0.0420. The summed E-state index contributed by atoms with van der Waals surface area (Å²) in [6, 6.07) is -0.669. The highest BCUT2D eigenvalue weighted by molar-refractivity contribution is 5.76. The number of hydrogen-bond acceptors (Lipinski definition) is 3. The fourth-order valence-corrected chi connectivity index (χ4v) is 8.62. The van der Waals surface area contributed by atoms with Crippen molar-refractivity contribution in [2.45, 2.75) is 283 Å². The Morgan fingerprint density at radius 1 is 0.338 bits per heavy atom. The van der Waals surface area contributed by atoms with Crippen molar-refractivity contribution in [3.05, 3.63) is 146 Å². The Balaban J connectivity index is 3.68. The first-order chi connectivity index (χ1) is 36.7. The van der Waals surface area contributed by atoms with Crippen molar-refractivity contribution in [3.63, 3.8) is 0 Å². The summed E-state index contributed by atoms with van der Waals surface area (Å²) in [5, 5.41) is 23.2. The van der Waals surface area contributed by atoms with Crippen LogP contribution in [0.4, 0.5) is 0 Å². The maximum atomic E-state index is 12.5. The van der Waals surface area contributed by atoms with Crippen molar-refractivity contribution >= 4 is 5.91 Å². The number of amides is 1. The van der Waals surface area contributed by atoms with E-state index in [0.29, 0.717) is 6.42 Å². The smallest absolute Gasteiger partial charge is 0.220 e. The Labute approximate surface area is 459 Å². The van der Waals surface area contributed by atoms with Crippen LogP contribution >= 0.6 is 0 Å². The molecule has 0 aliphatic carbocycles. The van der Waals surface area contributed by atoms with E-state index >= 15 is 0 Å². The van der Waals surface area contributed by atoms with Crippen molar-refractivity contribution in [1.82, 2.24) is 5.32 Å². The van der Waals surface area contributed by atoms with Gasteiger partial charge in [0.1, 0.15) is 0 Å². The van der Waals surface area contributed by atoms with Gasteiger partial charge in [-0.05, 0) is 116 Å². The summed E-state index contributed by atoms with van der Waals surface area (Å²) in [5.74, 6) is -0.101. The molecule has 0 heterocycles. The zero-order chi connectivity index (χ0) is 53.4. The van der Waals surface area contributed by atoms with Crippen LogP contribution in [0.1, 0.15) is 271 Å². The van der Waals surface area contributed by atoms with E-state index in [-0.39, 0.29) is 12.5 Å². The van der Waals surface area contributed by atoms with Crippen LogP contribution in [0.2, 0.25) is 0 Å². The van der Waals surface area contributed by atoms with Gasteiger partial charge in [0.05, 0.1) is 18.8 Å². The minimum absolute atomic E-state index is 0.101. The van der Waals surface area contributed by atoms with Crippen molar-refractivity contribution < 1.29 is 15.0 Å². The summed E-state index contributed by atoms with van der Waals surface area (Å²) in [6.07, 6.45) is 100. The maximum absolute atomic E-state index is 12.5. The highest BCUT2D eigenvalue weighted by Gasteiger charge is 2.18. The van der Waals surface area contributed by atoms with Gasteiger partial charge in [-0.1, -0.05) is 295 Å². The largest absolute Gasteiger partial charge is 0.394 e. The molecule has 0 bridgehead atoms. The fourth-order valence-electron chi connectivity index (χ4n) is 8.62. The number of unbranched alkanes of at least 4 members (excludes halogenated alkanes) is 26. The predicted octanol–water partition coefficient (Wildman–Crippen LogP) is 21.1. The first-order valence-corrected chi connectivity index (χ1v) is 31.0. The molecule has 4 heteroatoms. The van der Waals surface area contributed by atoms with Gasteiger partial charge in [-0.25, -0.2) is 0 Å². The van der Waals surface area contributed by atoms with E-state index in [2.05, 4.69) is 153 Å². The Morgan fingerprint density at radius 3 is 0.946 bits per heavy atom. The Kier molecular flexibility index (Phi) is 60.4. The molecule has 0 rings (SSSR count). The number of nitrogens with one attached hydrogen (secondary N) is 1. The highest BCUT2D eigenvalue weighted by atomic mass is 16.3. The number of aliphatic hydroxyl groups is 2. The van der Waals surface area contributed by atoms with Crippen LogP contribution in [0.5, 0.6) is 0 Å². The number of aliphatic hydroxyl groups excluding tert-OH is 2. The van der Waals surface area contributed by atoms with E-state index in [0.717, 1.165) is 116 Å². The SMILES string of the molecule is CC/C=C\C/C=C\C/C=C\C/C=C\C/C=C\C/C=C\C/C=C\C/C=C\C/C=C\CCCCCCCC(=O)NC(CO)C(O)/C=C/CC/C=C/CC/C=C/CCCCCCCCCCCCCCCCCCCCC. The van der Waals surface area contributed by atoms with E-state index in [1.165, 1.54) is 135 Å². The molecule has 0 aromatic heterocycles. The zero-order valence-electron chi connectivity index (χ0n) is 48.3. The molecule has 2 unspecified atom stereocenters. The lowest BCUT2D eigenvalue weighted by molar-refractivity contribution is -0.123. The molecule has 0 aliphatic rings.